The lowest BCUT2D eigenvalue weighted by Gasteiger charge is -2.26. The molecular weight excluding hydrogens is 314 g/mol. The summed E-state index contributed by atoms with van der Waals surface area (Å²) in [5.74, 6) is -0.0380. The molecule has 4 N–H and O–H groups in total. The van der Waals surface area contributed by atoms with E-state index in [4.69, 9.17) is 5.14 Å². The van der Waals surface area contributed by atoms with Crippen LogP contribution in [0.25, 0.3) is 0 Å². The first-order valence-electron chi connectivity index (χ1n) is 8.16. The molecular formula is C16H26N3O3S+. The van der Waals surface area contributed by atoms with Gasteiger partial charge in [-0.05, 0) is 56.9 Å². The van der Waals surface area contributed by atoms with E-state index in [9.17, 15) is 13.2 Å². The highest BCUT2D eigenvalue weighted by atomic mass is 32.2. The lowest BCUT2D eigenvalue weighted by atomic mass is 10.1. The first-order chi connectivity index (χ1) is 10.9. The molecule has 2 rings (SSSR count). The molecule has 1 aromatic rings. The second-order valence-corrected chi connectivity index (χ2v) is 7.77. The molecule has 1 saturated heterocycles. The maximum atomic E-state index is 12.4. The second kappa shape index (κ2) is 7.90. The van der Waals surface area contributed by atoms with Crippen molar-refractivity contribution in [2.45, 2.75) is 50.0 Å². The van der Waals surface area contributed by atoms with Gasteiger partial charge in [0.2, 0.25) is 10.0 Å². The Bertz CT molecular complexity index is 620. The molecule has 23 heavy (non-hydrogen) atoms. The van der Waals surface area contributed by atoms with Gasteiger partial charge >= 0.3 is 0 Å². The van der Waals surface area contributed by atoms with Crippen molar-refractivity contribution in [1.29, 1.82) is 0 Å². The average Bonchev–Trinajstić information content (AvgIpc) is 2.46. The molecule has 0 unspecified atom stereocenters. The van der Waals surface area contributed by atoms with Gasteiger partial charge in [-0.2, -0.15) is 0 Å². The first kappa shape index (κ1) is 17.9. The van der Waals surface area contributed by atoms with E-state index < -0.39 is 10.0 Å². The zero-order valence-electron chi connectivity index (χ0n) is 13.5. The van der Waals surface area contributed by atoms with E-state index in [2.05, 4.69) is 5.32 Å². The molecule has 1 amide bonds. The molecule has 1 fully saturated rings. The third-order valence-electron chi connectivity index (χ3n) is 4.45. The number of hydrogen-bond donors (Lipinski definition) is 3. The van der Waals surface area contributed by atoms with Crippen molar-refractivity contribution in [2.24, 2.45) is 5.14 Å². The molecule has 0 spiro atoms. The molecule has 7 heteroatoms. The number of primary sulfonamides is 1. The van der Waals surface area contributed by atoms with Crippen molar-refractivity contribution < 1.29 is 18.1 Å². The number of nitrogens with one attached hydrogen (secondary N) is 2. The van der Waals surface area contributed by atoms with E-state index in [1.807, 2.05) is 6.92 Å². The number of quaternary nitrogens is 1. The Morgan fingerprint density at radius 1 is 1.09 bits per heavy atom. The molecule has 1 aromatic carbocycles. The van der Waals surface area contributed by atoms with Gasteiger partial charge in [0.15, 0.2) is 6.04 Å². The second-order valence-electron chi connectivity index (χ2n) is 6.21. The van der Waals surface area contributed by atoms with Crippen LogP contribution >= 0.6 is 0 Å². The van der Waals surface area contributed by atoms with Gasteiger partial charge in [0.05, 0.1) is 18.0 Å². The molecule has 0 aromatic heterocycles. The van der Waals surface area contributed by atoms with Crippen LogP contribution in [-0.4, -0.2) is 33.5 Å². The number of hydrogen-bond acceptors (Lipinski definition) is 3. The Morgan fingerprint density at radius 3 is 2.13 bits per heavy atom. The van der Waals surface area contributed by atoms with Crippen molar-refractivity contribution >= 4 is 21.6 Å². The van der Waals surface area contributed by atoms with E-state index in [1.54, 1.807) is 12.1 Å². The maximum Gasteiger partial charge on any atom is 0.282 e. The molecule has 0 aliphatic carbocycles. The van der Waals surface area contributed by atoms with Gasteiger partial charge in [-0.15, -0.1) is 0 Å². The summed E-state index contributed by atoms with van der Waals surface area (Å²) in [6.45, 7) is 4.00. The van der Waals surface area contributed by atoms with E-state index in [0.717, 1.165) is 25.9 Å². The van der Waals surface area contributed by atoms with Crippen LogP contribution in [0.3, 0.4) is 0 Å². The predicted molar refractivity (Wildman–Crippen MR) is 89.7 cm³/mol. The predicted octanol–water partition coefficient (Wildman–Crippen LogP) is 0.510. The lowest BCUT2D eigenvalue weighted by Crippen LogP contribution is -3.16. The minimum atomic E-state index is -3.71. The zero-order valence-corrected chi connectivity index (χ0v) is 14.4. The number of carbonyl (C=O) groups excluding carboxylic acids is 1. The first-order valence-corrected chi connectivity index (χ1v) is 9.71. The Morgan fingerprint density at radius 2 is 1.61 bits per heavy atom. The van der Waals surface area contributed by atoms with Crippen molar-refractivity contribution in [1.82, 2.24) is 0 Å². The minimum absolute atomic E-state index is 0.0380. The standard InChI is InChI=1S/C16H25N3O3S/c1-13(19-11-5-3-2-4-6-12-19)16(20)18-14-7-9-15(10-8-14)23(17,21)22/h7-10,13H,2-6,11-12H2,1H3,(H,18,20)(H2,17,21,22)/p+1/t13-/m1/s1. The number of likely N-dealkylation sites (tertiary alicyclic amines) is 1. The molecule has 6 nitrogen and oxygen atoms in total. The normalized spacial score (nSPS) is 18.7. The van der Waals surface area contributed by atoms with Crippen LogP contribution in [-0.2, 0) is 14.8 Å². The topological polar surface area (TPSA) is 93.7 Å². The Labute approximate surface area is 138 Å². The summed E-state index contributed by atoms with van der Waals surface area (Å²) in [5, 5.41) is 7.92. The Hall–Kier alpha value is -1.44. The number of nitrogens with two attached hydrogens (primary N) is 1. The smallest absolute Gasteiger partial charge is 0.282 e. The van der Waals surface area contributed by atoms with E-state index in [0.29, 0.717) is 5.69 Å². The zero-order chi connectivity index (χ0) is 16.9. The van der Waals surface area contributed by atoms with Crippen LogP contribution in [0.15, 0.2) is 29.2 Å². The number of rotatable bonds is 4. The van der Waals surface area contributed by atoms with E-state index >= 15 is 0 Å². The summed E-state index contributed by atoms with van der Waals surface area (Å²) in [5.41, 5.74) is 0.584. The molecule has 0 bridgehead atoms. The quantitative estimate of drug-likeness (QED) is 0.745. The largest absolute Gasteiger partial charge is 0.325 e. The van der Waals surface area contributed by atoms with Crippen LogP contribution in [0.1, 0.15) is 39.0 Å². The summed E-state index contributed by atoms with van der Waals surface area (Å²) in [4.78, 5) is 13.8. The third-order valence-corrected chi connectivity index (χ3v) is 5.38. The number of carbonyl (C=O) groups is 1. The minimum Gasteiger partial charge on any atom is -0.325 e. The summed E-state index contributed by atoms with van der Waals surface area (Å²) in [6, 6.07) is 5.81. The van der Waals surface area contributed by atoms with E-state index in [-0.39, 0.29) is 16.8 Å². The van der Waals surface area contributed by atoms with Gasteiger partial charge in [0.25, 0.3) is 5.91 Å². The number of anilines is 1. The van der Waals surface area contributed by atoms with Gasteiger partial charge in [-0.3, -0.25) is 4.79 Å². The fourth-order valence-corrected chi connectivity index (χ4v) is 3.47. The van der Waals surface area contributed by atoms with Crippen LogP contribution in [0.5, 0.6) is 0 Å². The molecule has 1 heterocycles. The summed E-state index contributed by atoms with van der Waals surface area (Å²) in [6.07, 6.45) is 6.11. The maximum absolute atomic E-state index is 12.4. The summed E-state index contributed by atoms with van der Waals surface area (Å²) >= 11 is 0. The van der Waals surface area contributed by atoms with Crippen molar-refractivity contribution in [3.63, 3.8) is 0 Å². The Balaban J connectivity index is 1.97. The van der Waals surface area contributed by atoms with E-state index in [1.165, 1.54) is 36.3 Å². The summed E-state index contributed by atoms with van der Waals surface area (Å²) in [7, 11) is -3.71. The van der Waals surface area contributed by atoms with Gasteiger partial charge in [-0.1, -0.05) is 6.42 Å². The average molecular weight is 340 g/mol. The number of sulfonamides is 1. The van der Waals surface area contributed by atoms with Crippen LogP contribution in [0.2, 0.25) is 0 Å². The fourth-order valence-electron chi connectivity index (χ4n) is 2.96. The highest BCUT2D eigenvalue weighted by Crippen LogP contribution is 2.12. The van der Waals surface area contributed by atoms with Gasteiger partial charge in [0, 0.05) is 5.69 Å². The molecule has 0 radical (unpaired) electrons. The van der Waals surface area contributed by atoms with Gasteiger partial charge < -0.3 is 10.2 Å². The molecule has 1 aliphatic heterocycles. The monoisotopic (exact) mass is 340 g/mol. The SMILES string of the molecule is C[C@H](C(=O)Nc1ccc(S(N)(=O)=O)cc1)[NH+]1CCCCCCC1. The Kier molecular flexibility index (Phi) is 6.15. The third kappa shape index (κ3) is 5.30. The molecule has 1 atom stereocenters. The van der Waals surface area contributed by atoms with Crippen molar-refractivity contribution in [3.8, 4) is 0 Å². The number of benzene rings is 1. The molecule has 0 saturated carbocycles. The van der Waals surface area contributed by atoms with Gasteiger partial charge in [-0.25, -0.2) is 13.6 Å². The van der Waals surface area contributed by atoms with Crippen molar-refractivity contribution in [2.75, 3.05) is 18.4 Å². The van der Waals surface area contributed by atoms with Crippen molar-refractivity contribution in [3.05, 3.63) is 24.3 Å². The van der Waals surface area contributed by atoms with Gasteiger partial charge in [0.1, 0.15) is 0 Å². The molecule has 128 valence electrons. The highest BCUT2D eigenvalue weighted by Gasteiger charge is 2.25. The van der Waals surface area contributed by atoms with Crippen LogP contribution < -0.4 is 15.4 Å². The fraction of sp³-hybridized carbons (Fsp3) is 0.562. The van der Waals surface area contributed by atoms with Crippen LogP contribution in [0, 0.1) is 0 Å². The molecule has 1 aliphatic rings. The van der Waals surface area contributed by atoms with Crippen LogP contribution in [0.4, 0.5) is 5.69 Å². The number of amides is 1. The highest BCUT2D eigenvalue weighted by molar-refractivity contribution is 7.89. The summed E-state index contributed by atoms with van der Waals surface area (Å²) < 4.78 is 22.5. The lowest BCUT2D eigenvalue weighted by molar-refractivity contribution is -0.914.